The molecule has 1 aromatic heterocycles. The molecule has 1 atom stereocenters. The number of nitrogens with one attached hydrogen (secondary N) is 1. The van der Waals surface area contributed by atoms with Crippen molar-refractivity contribution in [1.82, 2.24) is 15.2 Å². The third-order valence-corrected chi connectivity index (χ3v) is 3.79. The highest BCUT2D eigenvalue weighted by atomic mass is 35.5. The smallest absolute Gasteiger partial charge is 0.252 e. The molecule has 0 aromatic carbocycles. The van der Waals surface area contributed by atoms with Crippen LogP contribution < -0.4 is 5.32 Å². The molecule has 0 spiro atoms. The number of nitrogens with zero attached hydrogens (tertiary/aromatic N) is 2. The van der Waals surface area contributed by atoms with Gasteiger partial charge in [0.15, 0.2) is 0 Å². The topological polar surface area (TPSA) is 45.2 Å². The van der Waals surface area contributed by atoms with Crippen molar-refractivity contribution in [1.29, 1.82) is 0 Å². The van der Waals surface area contributed by atoms with E-state index in [0.29, 0.717) is 23.3 Å². The van der Waals surface area contributed by atoms with E-state index >= 15 is 0 Å². The maximum absolute atomic E-state index is 11.9. The van der Waals surface area contributed by atoms with Gasteiger partial charge in [-0.3, -0.25) is 9.69 Å². The van der Waals surface area contributed by atoms with Crippen molar-refractivity contribution in [3.8, 4) is 0 Å². The van der Waals surface area contributed by atoms with E-state index in [-0.39, 0.29) is 5.91 Å². The zero-order valence-corrected chi connectivity index (χ0v) is 12.0. The molecule has 1 aliphatic heterocycles. The predicted octanol–water partition coefficient (Wildman–Crippen LogP) is 2.34. The summed E-state index contributed by atoms with van der Waals surface area (Å²) in [6.45, 7) is 5.10. The van der Waals surface area contributed by atoms with Crippen LogP contribution in [0, 0.1) is 0 Å². The van der Waals surface area contributed by atoms with Gasteiger partial charge in [0.05, 0.1) is 5.56 Å². The number of pyridine rings is 1. The Morgan fingerprint density at radius 3 is 2.79 bits per heavy atom. The molecule has 2 heterocycles. The van der Waals surface area contributed by atoms with Crippen molar-refractivity contribution in [2.45, 2.75) is 32.2 Å². The van der Waals surface area contributed by atoms with Gasteiger partial charge in [-0.15, -0.1) is 0 Å². The fraction of sp³-hybridized carbons (Fsp3) is 0.571. The first-order valence-corrected chi connectivity index (χ1v) is 7.18. The fourth-order valence-corrected chi connectivity index (χ4v) is 2.45. The van der Waals surface area contributed by atoms with E-state index in [0.717, 1.165) is 13.1 Å². The molecule has 1 saturated heterocycles. The first-order valence-electron chi connectivity index (χ1n) is 6.80. The monoisotopic (exact) mass is 281 g/mol. The van der Waals surface area contributed by atoms with Crippen molar-refractivity contribution in [3.63, 3.8) is 0 Å². The van der Waals surface area contributed by atoms with Crippen LogP contribution in [0.4, 0.5) is 0 Å². The van der Waals surface area contributed by atoms with E-state index in [1.165, 1.54) is 25.5 Å². The molecule has 1 aliphatic rings. The van der Waals surface area contributed by atoms with Gasteiger partial charge in [-0.25, -0.2) is 4.98 Å². The highest BCUT2D eigenvalue weighted by Crippen LogP contribution is 2.11. The number of amides is 1. The van der Waals surface area contributed by atoms with Gasteiger partial charge in [0.2, 0.25) is 0 Å². The summed E-state index contributed by atoms with van der Waals surface area (Å²) in [5, 5.41) is 3.35. The number of piperidine rings is 1. The predicted molar refractivity (Wildman–Crippen MR) is 76.5 cm³/mol. The van der Waals surface area contributed by atoms with Crippen molar-refractivity contribution < 1.29 is 4.79 Å². The third-order valence-electron chi connectivity index (χ3n) is 3.56. The van der Waals surface area contributed by atoms with Crippen molar-refractivity contribution in [2.75, 3.05) is 19.6 Å². The second kappa shape index (κ2) is 6.87. The van der Waals surface area contributed by atoms with Gasteiger partial charge in [0.25, 0.3) is 5.91 Å². The number of carbonyl (C=O) groups is 1. The van der Waals surface area contributed by atoms with E-state index in [4.69, 9.17) is 11.6 Å². The van der Waals surface area contributed by atoms with Crippen molar-refractivity contribution >= 4 is 17.5 Å². The number of aromatic nitrogens is 1. The summed E-state index contributed by atoms with van der Waals surface area (Å²) >= 11 is 5.70. The molecule has 0 bridgehead atoms. The van der Waals surface area contributed by atoms with Gasteiger partial charge in [0.1, 0.15) is 5.15 Å². The molecule has 1 unspecified atom stereocenters. The minimum atomic E-state index is -0.0898. The number of rotatable bonds is 4. The summed E-state index contributed by atoms with van der Waals surface area (Å²) in [7, 11) is 0. The van der Waals surface area contributed by atoms with Crippen LogP contribution in [0.2, 0.25) is 5.15 Å². The fourth-order valence-electron chi connectivity index (χ4n) is 2.34. The summed E-state index contributed by atoms with van der Waals surface area (Å²) in [6, 6.07) is 3.70. The molecule has 1 aromatic rings. The van der Waals surface area contributed by atoms with Crippen molar-refractivity contribution in [3.05, 3.63) is 29.0 Å². The Morgan fingerprint density at radius 2 is 2.16 bits per heavy atom. The molecule has 104 valence electrons. The largest absolute Gasteiger partial charge is 0.350 e. The van der Waals surface area contributed by atoms with Gasteiger partial charge in [-0.2, -0.15) is 0 Å². The summed E-state index contributed by atoms with van der Waals surface area (Å²) in [5.41, 5.74) is 0.551. The maximum atomic E-state index is 11.9. The second-order valence-corrected chi connectivity index (χ2v) is 5.41. The Morgan fingerprint density at radius 1 is 1.42 bits per heavy atom. The van der Waals surface area contributed by atoms with E-state index in [1.807, 2.05) is 0 Å². The summed E-state index contributed by atoms with van der Waals surface area (Å²) in [5.74, 6) is -0.0898. The van der Waals surface area contributed by atoms with Gasteiger partial charge in [0, 0.05) is 18.8 Å². The zero-order chi connectivity index (χ0) is 13.7. The van der Waals surface area contributed by atoms with E-state index in [9.17, 15) is 4.79 Å². The number of hydrogen-bond donors (Lipinski definition) is 1. The molecule has 0 saturated carbocycles. The van der Waals surface area contributed by atoms with Crippen LogP contribution >= 0.6 is 11.6 Å². The summed E-state index contributed by atoms with van der Waals surface area (Å²) < 4.78 is 0. The molecule has 1 fully saturated rings. The lowest BCUT2D eigenvalue weighted by atomic mass is 10.1. The Labute approximate surface area is 119 Å². The Hall–Kier alpha value is -1.13. The number of hydrogen-bond acceptors (Lipinski definition) is 3. The van der Waals surface area contributed by atoms with Crippen LogP contribution in [0.1, 0.15) is 36.5 Å². The van der Waals surface area contributed by atoms with E-state index in [1.54, 1.807) is 12.1 Å². The maximum Gasteiger partial charge on any atom is 0.252 e. The van der Waals surface area contributed by atoms with Gasteiger partial charge in [-0.1, -0.05) is 18.0 Å². The Balaban J connectivity index is 1.81. The molecule has 1 N–H and O–H groups in total. The lowest BCUT2D eigenvalue weighted by Crippen LogP contribution is -2.44. The number of carbonyl (C=O) groups excluding carboxylic acids is 1. The minimum absolute atomic E-state index is 0.0898. The summed E-state index contributed by atoms with van der Waals surface area (Å²) in [4.78, 5) is 18.3. The SMILES string of the molecule is CC(CNC(=O)c1ccc(Cl)nc1)N1CCCCC1. The molecule has 2 rings (SSSR count). The van der Waals surface area contributed by atoms with Crippen LogP contribution in [0.3, 0.4) is 0 Å². The molecule has 0 aliphatic carbocycles. The molecule has 0 radical (unpaired) electrons. The minimum Gasteiger partial charge on any atom is -0.350 e. The quantitative estimate of drug-likeness (QED) is 0.862. The number of halogens is 1. The third kappa shape index (κ3) is 4.18. The van der Waals surface area contributed by atoms with Crippen molar-refractivity contribution in [2.24, 2.45) is 0 Å². The second-order valence-electron chi connectivity index (χ2n) is 5.03. The zero-order valence-electron chi connectivity index (χ0n) is 11.2. The number of likely N-dealkylation sites (tertiary alicyclic amines) is 1. The summed E-state index contributed by atoms with van der Waals surface area (Å²) in [6.07, 6.45) is 5.36. The van der Waals surface area contributed by atoms with Crippen LogP contribution in [-0.4, -0.2) is 41.5 Å². The van der Waals surface area contributed by atoms with Gasteiger partial charge in [-0.05, 0) is 45.0 Å². The average Bonchev–Trinajstić information content (AvgIpc) is 2.46. The lowest BCUT2D eigenvalue weighted by Gasteiger charge is -2.32. The standard InChI is InChI=1S/C14H20ClN3O/c1-11(18-7-3-2-4-8-18)9-17-14(19)12-5-6-13(15)16-10-12/h5-6,10-11H,2-4,7-9H2,1H3,(H,17,19). The molecular formula is C14H20ClN3O. The van der Waals surface area contributed by atoms with Crippen LogP contribution in [0.5, 0.6) is 0 Å². The van der Waals surface area contributed by atoms with Gasteiger partial charge < -0.3 is 5.32 Å². The van der Waals surface area contributed by atoms with E-state index < -0.39 is 0 Å². The van der Waals surface area contributed by atoms with Gasteiger partial charge >= 0.3 is 0 Å². The molecule has 4 nitrogen and oxygen atoms in total. The molecule has 5 heteroatoms. The first kappa shape index (κ1) is 14.3. The molecule has 1 amide bonds. The normalized spacial score (nSPS) is 18.0. The Kier molecular flexibility index (Phi) is 5.16. The Bertz CT molecular complexity index is 415. The van der Waals surface area contributed by atoms with E-state index in [2.05, 4.69) is 22.1 Å². The highest BCUT2D eigenvalue weighted by molar-refractivity contribution is 6.29. The van der Waals surface area contributed by atoms with Crippen LogP contribution in [0.15, 0.2) is 18.3 Å². The lowest BCUT2D eigenvalue weighted by molar-refractivity contribution is 0.0929. The first-order chi connectivity index (χ1) is 9.16. The van der Waals surface area contributed by atoms with Crippen LogP contribution in [-0.2, 0) is 0 Å². The molecular weight excluding hydrogens is 262 g/mol. The average molecular weight is 282 g/mol. The highest BCUT2D eigenvalue weighted by Gasteiger charge is 2.17. The van der Waals surface area contributed by atoms with Crippen LogP contribution in [0.25, 0.3) is 0 Å². The molecule has 19 heavy (non-hydrogen) atoms.